The Morgan fingerprint density at radius 3 is 2.59 bits per heavy atom. The molecule has 0 atom stereocenters. The number of thioether (sulfide) groups is 1. The van der Waals surface area contributed by atoms with Crippen LogP contribution in [0.15, 0.2) is 53.4 Å². The van der Waals surface area contributed by atoms with E-state index in [1.165, 1.54) is 16.7 Å². The number of hydrogen-bond donors (Lipinski definition) is 1. The highest BCUT2D eigenvalue weighted by Crippen LogP contribution is 2.33. The fraction of sp³-hybridized carbons (Fsp3) is 0.150. The van der Waals surface area contributed by atoms with E-state index in [1.54, 1.807) is 6.08 Å². The van der Waals surface area contributed by atoms with E-state index in [0.29, 0.717) is 27.2 Å². The Balaban J connectivity index is 1.72. The zero-order chi connectivity index (χ0) is 19.4. The van der Waals surface area contributed by atoms with Crippen molar-refractivity contribution in [3.63, 3.8) is 0 Å². The molecule has 27 heavy (non-hydrogen) atoms. The monoisotopic (exact) mass is 417 g/mol. The predicted octanol–water partition coefficient (Wildman–Crippen LogP) is 5.07. The highest BCUT2D eigenvalue weighted by atomic mass is 35.5. The van der Waals surface area contributed by atoms with Crippen LogP contribution < -0.4 is 0 Å². The summed E-state index contributed by atoms with van der Waals surface area (Å²) >= 11 is 12.5. The van der Waals surface area contributed by atoms with E-state index in [2.05, 4.69) is 0 Å². The average Bonchev–Trinajstić information content (AvgIpc) is 2.89. The molecule has 1 heterocycles. The fourth-order valence-electron chi connectivity index (χ4n) is 2.67. The smallest absolute Gasteiger partial charge is 0.303 e. The number of carboxylic acid groups (broad SMARTS) is 1. The largest absolute Gasteiger partial charge is 0.481 e. The Labute approximate surface area is 171 Å². The van der Waals surface area contributed by atoms with Crippen LogP contribution in [0.25, 0.3) is 17.2 Å². The Morgan fingerprint density at radius 1 is 1.19 bits per heavy atom. The van der Waals surface area contributed by atoms with Gasteiger partial charge in [0.15, 0.2) is 0 Å². The summed E-state index contributed by atoms with van der Waals surface area (Å²) in [5.74, 6) is -1.05. The van der Waals surface area contributed by atoms with Crippen molar-refractivity contribution in [2.45, 2.75) is 12.8 Å². The lowest BCUT2D eigenvalue weighted by Gasteiger charge is -2.13. The average molecular weight is 418 g/mol. The molecule has 0 radical (unpaired) electrons. The minimum absolute atomic E-state index is 0.0150. The molecule has 0 saturated carbocycles. The Kier molecular flexibility index (Phi) is 6.31. The predicted molar refractivity (Wildman–Crippen MR) is 114 cm³/mol. The second-order valence-electron chi connectivity index (χ2n) is 5.96. The lowest BCUT2D eigenvalue weighted by molar-refractivity contribution is -0.137. The summed E-state index contributed by atoms with van der Waals surface area (Å²) < 4.78 is 0.465. The number of nitrogens with zero attached hydrogens (tertiary/aromatic N) is 1. The Bertz CT molecular complexity index is 925. The normalized spacial score (nSPS) is 15.6. The highest BCUT2D eigenvalue weighted by Gasteiger charge is 2.31. The number of hydrogen-bond acceptors (Lipinski definition) is 4. The molecule has 1 saturated heterocycles. The Hall–Kier alpha value is -2.15. The third-order valence-electron chi connectivity index (χ3n) is 4.01. The van der Waals surface area contributed by atoms with Gasteiger partial charge in [-0.05, 0) is 41.3 Å². The second-order valence-corrected chi connectivity index (χ2v) is 8.08. The number of thiocarbonyl (C=S) groups is 1. The maximum absolute atomic E-state index is 12.5. The number of carboxylic acids is 1. The van der Waals surface area contributed by atoms with E-state index >= 15 is 0 Å². The molecule has 4 nitrogen and oxygen atoms in total. The van der Waals surface area contributed by atoms with Crippen molar-refractivity contribution in [1.82, 2.24) is 4.90 Å². The van der Waals surface area contributed by atoms with Gasteiger partial charge in [0.25, 0.3) is 5.91 Å². The number of halogens is 1. The molecule has 0 aromatic heterocycles. The van der Waals surface area contributed by atoms with Crippen molar-refractivity contribution in [1.29, 1.82) is 0 Å². The van der Waals surface area contributed by atoms with Crippen LogP contribution in [-0.2, 0) is 9.59 Å². The lowest BCUT2D eigenvalue weighted by atomic mass is 10.0. The summed E-state index contributed by atoms with van der Waals surface area (Å²) in [5.41, 5.74) is 2.96. The molecule has 1 amide bonds. The van der Waals surface area contributed by atoms with Crippen LogP contribution in [0.4, 0.5) is 0 Å². The van der Waals surface area contributed by atoms with Gasteiger partial charge in [0.2, 0.25) is 0 Å². The van der Waals surface area contributed by atoms with Gasteiger partial charge in [-0.3, -0.25) is 14.5 Å². The molecule has 1 aliphatic heterocycles. The van der Waals surface area contributed by atoms with E-state index in [9.17, 15) is 9.59 Å². The summed E-state index contributed by atoms with van der Waals surface area (Å²) in [5, 5.41) is 9.41. The Morgan fingerprint density at radius 2 is 1.93 bits per heavy atom. The molecular weight excluding hydrogens is 402 g/mol. The molecule has 1 fully saturated rings. The van der Waals surface area contributed by atoms with Gasteiger partial charge in [-0.1, -0.05) is 72.0 Å². The van der Waals surface area contributed by atoms with Crippen molar-refractivity contribution in [2.75, 3.05) is 6.54 Å². The SMILES string of the molecule is O=C(O)CCCN1C(=O)/C(=C/c2ccc(-c3cccc(Cl)c3)cc2)SC1=S. The quantitative estimate of drug-likeness (QED) is 0.525. The van der Waals surface area contributed by atoms with E-state index in [1.807, 2.05) is 48.5 Å². The van der Waals surface area contributed by atoms with Gasteiger partial charge >= 0.3 is 5.97 Å². The number of aliphatic carboxylic acids is 1. The molecule has 0 spiro atoms. The van der Waals surface area contributed by atoms with Gasteiger partial charge in [0, 0.05) is 18.0 Å². The van der Waals surface area contributed by atoms with Crippen LogP contribution in [0, 0.1) is 0 Å². The van der Waals surface area contributed by atoms with Crippen molar-refractivity contribution in [2.24, 2.45) is 0 Å². The number of carbonyl (C=O) groups is 2. The maximum Gasteiger partial charge on any atom is 0.303 e. The molecule has 1 aliphatic rings. The highest BCUT2D eigenvalue weighted by molar-refractivity contribution is 8.26. The summed E-state index contributed by atoms with van der Waals surface area (Å²) in [6.07, 6.45) is 2.20. The molecule has 2 aromatic rings. The van der Waals surface area contributed by atoms with Gasteiger partial charge in [0.1, 0.15) is 4.32 Å². The molecule has 7 heteroatoms. The molecular formula is C20H16ClNO3S2. The van der Waals surface area contributed by atoms with Gasteiger partial charge in [-0.15, -0.1) is 0 Å². The van der Waals surface area contributed by atoms with Gasteiger partial charge < -0.3 is 5.11 Å². The molecule has 0 bridgehead atoms. The summed E-state index contributed by atoms with van der Waals surface area (Å²) in [6.45, 7) is 0.321. The number of rotatable bonds is 6. The minimum atomic E-state index is -0.879. The van der Waals surface area contributed by atoms with E-state index in [-0.39, 0.29) is 12.3 Å². The van der Waals surface area contributed by atoms with Gasteiger partial charge in [-0.25, -0.2) is 0 Å². The molecule has 0 unspecified atom stereocenters. The number of benzene rings is 2. The summed E-state index contributed by atoms with van der Waals surface area (Å²) in [6, 6.07) is 15.5. The van der Waals surface area contributed by atoms with Crippen LogP contribution in [0.5, 0.6) is 0 Å². The van der Waals surface area contributed by atoms with Crippen molar-refractivity contribution < 1.29 is 14.7 Å². The summed E-state index contributed by atoms with van der Waals surface area (Å²) in [7, 11) is 0. The van der Waals surface area contributed by atoms with Crippen LogP contribution in [0.2, 0.25) is 5.02 Å². The molecule has 2 aromatic carbocycles. The molecule has 0 aliphatic carbocycles. The van der Waals surface area contributed by atoms with Crippen LogP contribution in [0.1, 0.15) is 18.4 Å². The minimum Gasteiger partial charge on any atom is -0.481 e. The van der Waals surface area contributed by atoms with E-state index < -0.39 is 5.97 Å². The van der Waals surface area contributed by atoms with Gasteiger partial charge in [0.05, 0.1) is 4.91 Å². The first-order valence-electron chi connectivity index (χ1n) is 8.27. The maximum atomic E-state index is 12.5. The van der Waals surface area contributed by atoms with Gasteiger partial charge in [-0.2, -0.15) is 0 Å². The third-order valence-corrected chi connectivity index (χ3v) is 5.63. The standard InChI is InChI=1S/C20H16ClNO3S2/c21-16-4-1-3-15(12-16)14-8-6-13(7-9-14)11-17-19(25)22(20(26)27-17)10-2-5-18(23)24/h1,3-4,6-9,11-12H,2,5,10H2,(H,23,24)/b17-11-. The molecule has 1 N–H and O–H groups in total. The van der Waals surface area contributed by atoms with E-state index in [4.69, 9.17) is 28.9 Å². The fourth-order valence-corrected chi connectivity index (χ4v) is 4.17. The first kappa shape index (κ1) is 19.6. The first-order valence-corrected chi connectivity index (χ1v) is 9.87. The molecule has 3 rings (SSSR count). The number of carbonyl (C=O) groups excluding carboxylic acids is 1. The van der Waals surface area contributed by atoms with E-state index in [0.717, 1.165) is 16.7 Å². The third kappa shape index (κ3) is 4.97. The van der Waals surface area contributed by atoms with Crippen molar-refractivity contribution in [3.05, 3.63) is 64.0 Å². The topological polar surface area (TPSA) is 57.6 Å². The first-order chi connectivity index (χ1) is 12.9. The second kappa shape index (κ2) is 8.69. The summed E-state index contributed by atoms with van der Waals surface area (Å²) in [4.78, 5) is 25.2. The molecule has 138 valence electrons. The van der Waals surface area contributed by atoms with Crippen molar-refractivity contribution in [3.8, 4) is 11.1 Å². The van der Waals surface area contributed by atoms with Crippen LogP contribution >= 0.6 is 35.6 Å². The van der Waals surface area contributed by atoms with Crippen molar-refractivity contribution >= 4 is 57.9 Å². The van der Waals surface area contributed by atoms with Crippen LogP contribution in [0.3, 0.4) is 0 Å². The van der Waals surface area contributed by atoms with Crippen LogP contribution in [-0.4, -0.2) is 32.7 Å². The zero-order valence-electron chi connectivity index (χ0n) is 14.2. The lowest BCUT2D eigenvalue weighted by Crippen LogP contribution is -2.29. The number of amides is 1. The zero-order valence-corrected chi connectivity index (χ0v) is 16.6.